The zero-order valence-corrected chi connectivity index (χ0v) is 14.7. The Labute approximate surface area is 152 Å². The first-order chi connectivity index (χ1) is 12.5. The number of rotatable bonds is 5. The van der Waals surface area contributed by atoms with Crippen molar-refractivity contribution in [1.29, 1.82) is 0 Å². The number of hydrogen-bond donors (Lipinski definition) is 2. The summed E-state index contributed by atoms with van der Waals surface area (Å²) in [5, 5.41) is 6.01. The standard InChI is InChI=1S/C21H20FN3O/c1-14-6-5-7-15(2)20(14)25-17-10-11-19(23-13-17)21(26)24-12-16-8-3-4-9-18(16)22/h3-11,13,25H,12H2,1-2H3,(H,24,26). The van der Waals surface area contributed by atoms with Crippen LogP contribution < -0.4 is 10.6 Å². The van der Waals surface area contributed by atoms with Crippen molar-refractivity contribution >= 4 is 17.3 Å². The van der Waals surface area contributed by atoms with Crippen molar-refractivity contribution in [1.82, 2.24) is 10.3 Å². The number of aryl methyl sites for hydroxylation is 2. The lowest BCUT2D eigenvalue weighted by Gasteiger charge is -2.12. The first-order valence-corrected chi connectivity index (χ1v) is 8.35. The largest absolute Gasteiger partial charge is 0.354 e. The molecule has 1 heterocycles. The van der Waals surface area contributed by atoms with Gasteiger partial charge in [-0.05, 0) is 43.2 Å². The van der Waals surface area contributed by atoms with Crippen LogP contribution in [0.1, 0.15) is 27.2 Å². The number of amides is 1. The Morgan fingerprint density at radius 1 is 1.00 bits per heavy atom. The molecule has 0 atom stereocenters. The Kier molecular flexibility index (Phi) is 5.27. The minimum Gasteiger partial charge on any atom is -0.354 e. The third-order valence-corrected chi connectivity index (χ3v) is 4.14. The third kappa shape index (κ3) is 4.06. The fraction of sp³-hybridized carbons (Fsp3) is 0.143. The van der Waals surface area contributed by atoms with E-state index in [9.17, 15) is 9.18 Å². The Morgan fingerprint density at radius 3 is 2.38 bits per heavy atom. The number of aromatic nitrogens is 1. The molecular weight excluding hydrogens is 329 g/mol. The minimum absolute atomic E-state index is 0.121. The number of para-hydroxylation sites is 1. The predicted octanol–water partition coefficient (Wildman–Crippen LogP) is 4.51. The van der Waals surface area contributed by atoms with Gasteiger partial charge in [-0.25, -0.2) is 9.37 Å². The first kappa shape index (κ1) is 17.6. The number of carbonyl (C=O) groups excluding carboxylic acids is 1. The van der Waals surface area contributed by atoms with Crippen LogP contribution >= 0.6 is 0 Å². The van der Waals surface area contributed by atoms with E-state index in [0.717, 1.165) is 22.5 Å². The van der Waals surface area contributed by atoms with Crippen LogP contribution in [0.2, 0.25) is 0 Å². The van der Waals surface area contributed by atoms with Crippen LogP contribution in [-0.4, -0.2) is 10.9 Å². The maximum Gasteiger partial charge on any atom is 0.270 e. The highest BCUT2D eigenvalue weighted by Crippen LogP contribution is 2.23. The van der Waals surface area contributed by atoms with Crippen molar-refractivity contribution in [3.05, 3.63) is 89.0 Å². The lowest BCUT2D eigenvalue weighted by atomic mass is 10.1. The molecule has 5 heteroatoms. The van der Waals surface area contributed by atoms with Gasteiger partial charge in [0.1, 0.15) is 11.5 Å². The molecule has 0 aliphatic carbocycles. The maximum atomic E-state index is 13.6. The van der Waals surface area contributed by atoms with Gasteiger partial charge >= 0.3 is 0 Å². The summed E-state index contributed by atoms with van der Waals surface area (Å²) in [6.07, 6.45) is 1.61. The second-order valence-electron chi connectivity index (χ2n) is 6.10. The van der Waals surface area contributed by atoms with Gasteiger partial charge in [0.25, 0.3) is 5.91 Å². The molecule has 0 spiro atoms. The summed E-state index contributed by atoms with van der Waals surface area (Å²) in [6, 6.07) is 15.9. The molecule has 2 N–H and O–H groups in total. The zero-order chi connectivity index (χ0) is 18.5. The summed E-state index contributed by atoms with van der Waals surface area (Å²) in [4.78, 5) is 16.4. The Hall–Kier alpha value is -3.21. The summed E-state index contributed by atoms with van der Waals surface area (Å²) in [7, 11) is 0. The maximum absolute atomic E-state index is 13.6. The lowest BCUT2D eigenvalue weighted by Crippen LogP contribution is -2.24. The van der Waals surface area contributed by atoms with Crippen LogP contribution in [0.15, 0.2) is 60.8 Å². The molecule has 0 aliphatic rings. The van der Waals surface area contributed by atoms with Gasteiger partial charge in [0, 0.05) is 17.8 Å². The molecule has 1 aromatic heterocycles. The van der Waals surface area contributed by atoms with Gasteiger partial charge in [-0.2, -0.15) is 0 Å². The van der Waals surface area contributed by atoms with Crippen LogP contribution in [0.3, 0.4) is 0 Å². The van der Waals surface area contributed by atoms with Crippen molar-refractivity contribution in [2.75, 3.05) is 5.32 Å². The highest BCUT2D eigenvalue weighted by atomic mass is 19.1. The summed E-state index contributed by atoms with van der Waals surface area (Å²) in [6.45, 7) is 4.19. The topological polar surface area (TPSA) is 54.0 Å². The van der Waals surface area contributed by atoms with Crippen molar-refractivity contribution in [3.8, 4) is 0 Å². The van der Waals surface area contributed by atoms with E-state index in [1.165, 1.54) is 6.07 Å². The van der Waals surface area contributed by atoms with Gasteiger partial charge in [0.05, 0.1) is 11.9 Å². The molecule has 0 bridgehead atoms. The van der Waals surface area contributed by atoms with E-state index in [2.05, 4.69) is 15.6 Å². The highest BCUT2D eigenvalue weighted by Gasteiger charge is 2.09. The number of halogens is 1. The second kappa shape index (κ2) is 7.78. The monoisotopic (exact) mass is 349 g/mol. The van der Waals surface area contributed by atoms with Gasteiger partial charge < -0.3 is 10.6 Å². The summed E-state index contributed by atoms with van der Waals surface area (Å²) >= 11 is 0. The number of benzene rings is 2. The van der Waals surface area contributed by atoms with Gasteiger partial charge in [-0.3, -0.25) is 4.79 Å². The fourth-order valence-electron chi connectivity index (χ4n) is 2.67. The number of carbonyl (C=O) groups is 1. The number of anilines is 2. The average Bonchev–Trinajstić information content (AvgIpc) is 2.64. The molecule has 3 rings (SSSR count). The van der Waals surface area contributed by atoms with Gasteiger partial charge in [0.15, 0.2) is 0 Å². The predicted molar refractivity (Wildman–Crippen MR) is 101 cm³/mol. The number of nitrogens with zero attached hydrogens (tertiary/aromatic N) is 1. The Morgan fingerprint density at radius 2 is 1.73 bits per heavy atom. The molecule has 2 aromatic carbocycles. The SMILES string of the molecule is Cc1cccc(C)c1Nc1ccc(C(=O)NCc2ccccc2F)nc1. The molecule has 26 heavy (non-hydrogen) atoms. The molecule has 132 valence electrons. The smallest absolute Gasteiger partial charge is 0.270 e. The average molecular weight is 349 g/mol. The van der Waals surface area contributed by atoms with E-state index in [0.29, 0.717) is 5.56 Å². The molecule has 0 radical (unpaired) electrons. The quantitative estimate of drug-likeness (QED) is 0.712. The molecule has 3 aromatic rings. The van der Waals surface area contributed by atoms with Crippen LogP contribution in [0.25, 0.3) is 0 Å². The summed E-state index contributed by atoms with van der Waals surface area (Å²) < 4.78 is 13.6. The van der Waals surface area contributed by atoms with Crippen molar-refractivity contribution in [2.45, 2.75) is 20.4 Å². The van der Waals surface area contributed by atoms with Gasteiger partial charge in [-0.1, -0.05) is 36.4 Å². The van der Waals surface area contributed by atoms with Crippen molar-refractivity contribution < 1.29 is 9.18 Å². The van der Waals surface area contributed by atoms with Crippen molar-refractivity contribution in [3.63, 3.8) is 0 Å². The third-order valence-electron chi connectivity index (χ3n) is 4.14. The number of hydrogen-bond acceptors (Lipinski definition) is 3. The molecular formula is C21H20FN3O. The molecule has 0 saturated carbocycles. The molecule has 0 fully saturated rings. The number of nitrogens with one attached hydrogen (secondary N) is 2. The van der Waals surface area contributed by atoms with E-state index in [-0.39, 0.29) is 24.0 Å². The molecule has 4 nitrogen and oxygen atoms in total. The molecule has 0 unspecified atom stereocenters. The summed E-state index contributed by atoms with van der Waals surface area (Å²) in [5.41, 5.74) is 4.83. The zero-order valence-electron chi connectivity index (χ0n) is 14.7. The first-order valence-electron chi connectivity index (χ1n) is 8.35. The highest BCUT2D eigenvalue weighted by molar-refractivity contribution is 5.92. The number of pyridine rings is 1. The van der Waals surface area contributed by atoms with E-state index in [1.54, 1.807) is 36.5 Å². The molecule has 0 aliphatic heterocycles. The van der Waals surface area contributed by atoms with Crippen LogP contribution in [0, 0.1) is 19.7 Å². The fourth-order valence-corrected chi connectivity index (χ4v) is 2.67. The minimum atomic E-state index is -0.341. The van der Waals surface area contributed by atoms with Crippen LogP contribution in [-0.2, 0) is 6.54 Å². The summed E-state index contributed by atoms with van der Waals surface area (Å²) in [5.74, 6) is -0.680. The van der Waals surface area contributed by atoms with E-state index in [1.807, 2.05) is 32.0 Å². The van der Waals surface area contributed by atoms with E-state index >= 15 is 0 Å². The van der Waals surface area contributed by atoms with Crippen molar-refractivity contribution in [2.24, 2.45) is 0 Å². The van der Waals surface area contributed by atoms with E-state index < -0.39 is 0 Å². The Bertz CT molecular complexity index is 903. The van der Waals surface area contributed by atoms with Gasteiger partial charge in [-0.15, -0.1) is 0 Å². The van der Waals surface area contributed by atoms with Gasteiger partial charge in [0.2, 0.25) is 0 Å². The molecule has 1 amide bonds. The normalized spacial score (nSPS) is 10.4. The van der Waals surface area contributed by atoms with E-state index in [4.69, 9.17) is 0 Å². The molecule has 0 saturated heterocycles. The van der Waals surface area contributed by atoms with Crippen LogP contribution in [0.4, 0.5) is 15.8 Å². The second-order valence-corrected chi connectivity index (χ2v) is 6.10. The van der Waals surface area contributed by atoms with Crippen LogP contribution in [0.5, 0.6) is 0 Å². The Balaban J connectivity index is 1.65. The lowest BCUT2D eigenvalue weighted by molar-refractivity contribution is 0.0945.